The van der Waals surface area contributed by atoms with E-state index in [2.05, 4.69) is 21.2 Å². The Balaban J connectivity index is 2.12. The van der Waals surface area contributed by atoms with E-state index in [0.717, 1.165) is 29.5 Å². The van der Waals surface area contributed by atoms with Crippen LogP contribution in [0.1, 0.15) is 18.9 Å². The van der Waals surface area contributed by atoms with Crippen LogP contribution in [0.4, 0.5) is 4.39 Å². The maximum Gasteiger partial charge on any atom is 0.150 e. The molecule has 0 amide bonds. The van der Waals surface area contributed by atoms with E-state index in [1.165, 1.54) is 12.1 Å². The van der Waals surface area contributed by atoms with Gasteiger partial charge in [0.15, 0.2) is 9.84 Å². The van der Waals surface area contributed by atoms with Crippen LogP contribution in [0.15, 0.2) is 22.7 Å². The Morgan fingerprint density at radius 3 is 2.76 bits per heavy atom. The highest BCUT2D eigenvalue weighted by atomic mass is 79.9. The number of nitrogens with one attached hydrogen (secondary N) is 1. The zero-order chi connectivity index (χ0) is 15.5. The van der Waals surface area contributed by atoms with Crippen molar-refractivity contribution >= 4 is 25.8 Å². The molecule has 0 aromatic heterocycles. The van der Waals surface area contributed by atoms with Gasteiger partial charge < -0.3 is 5.32 Å². The lowest BCUT2D eigenvalue weighted by Gasteiger charge is -2.23. The molecule has 0 bridgehead atoms. The van der Waals surface area contributed by atoms with Gasteiger partial charge in [-0.25, -0.2) is 12.8 Å². The van der Waals surface area contributed by atoms with Crippen molar-refractivity contribution < 1.29 is 12.8 Å². The summed E-state index contributed by atoms with van der Waals surface area (Å²) in [6.45, 7) is 3.65. The molecule has 0 saturated carbocycles. The average molecular weight is 378 g/mol. The Kier molecular flexibility index (Phi) is 5.80. The third-order valence-corrected chi connectivity index (χ3v) is 6.26. The van der Waals surface area contributed by atoms with Gasteiger partial charge in [-0.1, -0.05) is 22.9 Å². The normalized spacial score (nSPS) is 22.3. The summed E-state index contributed by atoms with van der Waals surface area (Å²) in [5.74, 6) is 0.666. The zero-order valence-corrected chi connectivity index (χ0v) is 14.5. The molecule has 0 radical (unpaired) electrons. The van der Waals surface area contributed by atoms with E-state index in [1.54, 1.807) is 0 Å². The molecule has 2 atom stereocenters. The van der Waals surface area contributed by atoms with Crippen LogP contribution < -0.4 is 5.32 Å². The number of rotatable bonds is 6. The molecule has 1 heterocycles. The minimum absolute atomic E-state index is 0.163. The molecule has 6 heteroatoms. The first-order chi connectivity index (χ1) is 9.89. The Labute approximate surface area is 134 Å². The number of hydrogen-bond acceptors (Lipinski definition) is 3. The summed E-state index contributed by atoms with van der Waals surface area (Å²) in [4.78, 5) is 0. The standard InChI is InChI=1S/C15H21BrFNO2S/c1-2-18-9-13(12-3-4-21(19,20)10-12)5-11-6-14(16)8-15(17)7-11/h6-8,12-13,18H,2-5,9-10H2,1H3. The van der Waals surface area contributed by atoms with Crippen molar-refractivity contribution in [3.8, 4) is 0 Å². The largest absolute Gasteiger partial charge is 0.317 e. The molecule has 1 aromatic carbocycles. The molecule has 118 valence electrons. The van der Waals surface area contributed by atoms with Crippen molar-refractivity contribution in [3.63, 3.8) is 0 Å². The highest BCUT2D eigenvalue weighted by Crippen LogP contribution is 2.29. The summed E-state index contributed by atoms with van der Waals surface area (Å²) in [5.41, 5.74) is 0.911. The molecule has 1 fully saturated rings. The van der Waals surface area contributed by atoms with Gasteiger partial charge in [0.2, 0.25) is 0 Å². The Hall–Kier alpha value is -0.460. The molecular formula is C15H21BrFNO2S. The summed E-state index contributed by atoms with van der Waals surface area (Å²) < 4.78 is 37.6. The molecule has 2 rings (SSSR count). The number of benzene rings is 1. The van der Waals surface area contributed by atoms with Crippen LogP contribution in [0.3, 0.4) is 0 Å². The first-order valence-corrected chi connectivity index (χ1v) is 9.87. The lowest BCUT2D eigenvalue weighted by Crippen LogP contribution is -2.30. The maximum absolute atomic E-state index is 13.5. The van der Waals surface area contributed by atoms with Gasteiger partial charge in [-0.05, 0) is 61.5 Å². The molecule has 3 nitrogen and oxygen atoms in total. The number of sulfone groups is 1. The number of hydrogen-bond donors (Lipinski definition) is 1. The van der Waals surface area contributed by atoms with Crippen molar-refractivity contribution in [2.24, 2.45) is 11.8 Å². The minimum atomic E-state index is -2.89. The van der Waals surface area contributed by atoms with E-state index in [4.69, 9.17) is 0 Å². The van der Waals surface area contributed by atoms with Crippen molar-refractivity contribution in [1.82, 2.24) is 5.32 Å². The molecular weight excluding hydrogens is 357 g/mol. The quantitative estimate of drug-likeness (QED) is 0.828. The topological polar surface area (TPSA) is 46.2 Å². The third-order valence-electron chi connectivity index (χ3n) is 4.01. The summed E-state index contributed by atoms with van der Waals surface area (Å²) >= 11 is 3.31. The smallest absolute Gasteiger partial charge is 0.150 e. The second-order valence-electron chi connectivity index (χ2n) is 5.71. The van der Waals surface area contributed by atoms with Crippen molar-refractivity contribution in [3.05, 3.63) is 34.1 Å². The molecule has 2 unspecified atom stereocenters. The van der Waals surface area contributed by atoms with E-state index in [0.29, 0.717) is 6.42 Å². The van der Waals surface area contributed by atoms with Gasteiger partial charge in [0.05, 0.1) is 11.5 Å². The van der Waals surface area contributed by atoms with Crippen molar-refractivity contribution in [2.75, 3.05) is 24.6 Å². The van der Waals surface area contributed by atoms with Crippen LogP contribution in [-0.4, -0.2) is 33.0 Å². The van der Waals surface area contributed by atoms with E-state index < -0.39 is 9.84 Å². The fourth-order valence-corrected chi connectivity index (χ4v) is 5.39. The first kappa shape index (κ1) is 16.9. The summed E-state index contributed by atoms with van der Waals surface area (Å²) in [6, 6.07) is 4.88. The van der Waals surface area contributed by atoms with Crippen LogP contribution in [0.25, 0.3) is 0 Å². The number of halogens is 2. The summed E-state index contributed by atoms with van der Waals surface area (Å²) in [7, 11) is -2.89. The third kappa shape index (κ3) is 5.04. The van der Waals surface area contributed by atoms with Crippen LogP contribution in [0.5, 0.6) is 0 Å². The molecule has 1 saturated heterocycles. The van der Waals surface area contributed by atoms with Gasteiger partial charge in [0.1, 0.15) is 5.82 Å². The van der Waals surface area contributed by atoms with Gasteiger partial charge in [0, 0.05) is 4.47 Å². The van der Waals surface area contributed by atoms with Crippen LogP contribution in [0.2, 0.25) is 0 Å². The van der Waals surface area contributed by atoms with Gasteiger partial charge in [-0.15, -0.1) is 0 Å². The Morgan fingerprint density at radius 1 is 1.43 bits per heavy atom. The van der Waals surface area contributed by atoms with Gasteiger partial charge in [0.25, 0.3) is 0 Å². The van der Waals surface area contributed by atoms with E-state index in [9.17, 15) is 12.8 Å². The highest BCUT2D eigenvalue weighted by molar-refractivity contribution is 9.10. The van der Waals surface area contributed by atoms with Gasteiger partial charge >= 0.3 is 0 Å². The zero-order valence-electron chi connectivity index (χ0n) is 12.1. The van der Waals surface area contributed by atoms with E-state index in [1.807, 2.05) is 13.0 Å². The van der Waals surface area contributed by atoms with Gasteiger partial charge in [-0.3, -0.25) is 0 Å². The first-order valence-electron chi connectivity index (χ1n) is 7.25. The van der Waals surface area contributed by atoms with Crippen LogP contribution in [-0.2, 0) is 16.3 Å². The van der Waals surface area contributed by atoms with Crippen molar-refractivity contribution in [2.45, 2.75) is 19.8 Å². The predicted molar refractivity (Wildman–Crippen MR) is 86.6 cm³/mol. The van der Waals surface area contributed by atoms with E-state index in [-0.39, 0.29) is 29.2 Å². The maximum atomic E-state index is 13.5. The highest BCUT2D eigenvalue weighted by Gasteiger charge is 2.33. The molecule has 0 aliphatic carbocycles. The second-order valence-corrected chi connectivity index (χ2v) is 8.86. The fourth-order valence-electron chi connectivity index (χ4n) is 2.96. The van der Waals surface area contributed by atoms with Crippen molar-refractivity contribution in [1.29, 1.82) is 0 Å². The molecule has 1 aliphatic rings. The second kappa shape index (κ2) is 7.20. The van der Waals surface area contributed by atoms with Crippen LogP contribution in [0, 0.1) is 17.7 Å². The lowest BCUT2D eigenvalue weighted by molar-refractivity contribution is 0.345. The SMILES string of the molecule is CCNCC(Cc1cc(F)cc(Br)c1)C1CCS(=O)(=O)C1. The predicted octanol–water partition coefficient (Wildman–Crippen LogP) is 2.79. The lowest BCUT2D eigenvalue weighted by atomic mass is 9.86. The Bertz CT molecular complexity index is 571. The average Bonchev–Trinajstić information content (AvgIpc) is 2.73. The molecule has 1 aliphatic heterocycles. The van der Waals surface area contributed by atoms with E-state index >= 15 is 0 Å². The molecule has 1 N–H and O–H groups in total. The Morgan fingerprint density at radius 2 is 2.19 bits per heavy atom. The summed E-state index contributed by atoms with van der Waals surface area (Å²) in [6.07, 6.45) is 1.42. The van der Waals surface area contributed by atoms with Crippen LogP contribution >= 0.6 is 15.9 Å². The molecule has 0 spiro atoms. The molecule has 1 aromatic rings. The summed E-state index contributed by atoms with van der Waals surface area (Å²) in [5, 5.41) is 3.30. The minimum Gasteiger partial charge on any atom is -0.317 e. The molecule has 21 heavy (non-hydrogen) atoms. The van der Waals surface area contributed by atoms with Gasteiger partial charge in [-0.2, -0.15) is 0 Å². The monoisotopic (exact) mass is 377 g/mol. The fraction of sp³-hybridized carbons (Fsp3) is 0.600.